The van der Waals surface area contributed by atoms with E-state index in [2.05, 4.69) is 0 Å². The van der Waals surface area contributed by atoms with Gasteiger partial charge < -0.3 is 5.11 Å². The molecule has 0 aromatic heterocycles. The first-order valence-corrected chi connectivity index (χ1v) is 4.35. The maximum atomic E-state index is 13.4. The molecule has 0 aliphatic carbocycles. The minimum absolute atomic E-state index is 0.0267. The van der Waals surface area contributed by atoms with Crippen molar-refractivity contribution in [1.29, 1.82) is 0 Å². The highest BCUT2D eigenvalue weighted by Gasteiger charge is 2.06. The molecule has 2 N–H and O–H groups in total. The maximum Gasteiger partial charge on any atom is 0.409 e. The van der Waals surface area contributed by atoms with Gasteiger partial charge in [-0.15, -0.1) is 0 Å². The fourth-order valence-corrected chi connectivity index (χ4v) is 1.42. The largest absolute Gasteiger partial charge is 0.465 e. The number of nitrogens with one attached hydrogen (secondary N) is 1. The third-order valence-corrected chi connectivity index (χ3v) is 2.08. The van der Waals surface area contributed by atoms with Crippen LogP contribution >= 0.6 is 0 Å². The number of carbonyl (C=O) groups is 1. The Morgan fingerprint density at radius 1 is 1.20 bits per heavy atom. The van der Waals surface area contributed by atoms with Crippen molar-refractivity contribution >= 4 is 22.6 Å². The fraction of sp³-hybridized carbons (Fsp3) is 0. The lowest BCUT2D eigenvalue weighted by atomic mass is 10.1. The van der Waals surface area contributed by atoms with E-state index in [1.807, 2.05) is 11.4 Å². The molecule has 15 heavy (non-hydrogen) atoms. The average molecular weight is 205 g/mol. The zero-order valence-electron chi connectivity index (χ0n) is 7.70. The number of halogens is 1. The van der Waals surface area contributed by atoms with Gasteiger partial charge in [0.2, 0.25) is 0 Å². The smallest absolute Gasteiger partial charge is 0.409 e. The second-order valence-electron chi connectivity index (χ2n) is 3.11. The molecular weight excluding hydrogens is 197 g/mol. The fourth-order valence-electron chi connectivity index (χ4n) is 1.42. The molecule has 2 aromatic rings. The standard InChI is InChI=1S/C11H8FNO2/c12-9-5-7-3-1-2-4-8(7)6-10(9)13-11(14)15/h1-6,13H,(H,14,15). The van der Waals surface area contributed by atoms with E-state index in [4.69, 9.17) is 5.11 Å². The van der Waals surface area contributed by atoms with Crippen molar-refractivity contribution in [3.8, 4) is 0 Å². The predicted molar refractivity (Wildman–Crippen MR) is 55.6 cm³/mol. The number of hydrogen-bond donors (Lipinski definition) is 2. The van der Waals surface area contributed by atoms with Crippen LogP contribution in [0, 0.1) is 5.82 Å². The lowest BCUT2D eigenvalue weighted by molar-refractivity contribution is 0.209. The van der Waals surface area contributed by atoms with E-state index in [-0.39, 0.29) is 5.69 Å². The highest BCUT2D eigenvalue weighted by Crippen LogP contribution is 2.22. The van der Waals surface area contributed by atoms with Crippen molar-refractivity contribution in [3.05, 3.63) is 42.2 Å². The third kappa shape index (κ3) is 1.88. The Morgan fingerprint density at radius 3 is 2.40 bits per heavy atom. The minimum Gasteiger partial charge on any atom is -0.465 e. The van der Waals surface area contributed by atoms with Crippen molar-refractivity contribution in [1.82, 2.24) is 0 Å². The number of rotatable bonds is 1. The van der Waals surface area contributed by atoms with Crippen LogP contribution in [0.5, 0.6) is 0 Å². The van der Waals surface area contributed by atoms with Gasteiger partial charge in [-0.05, 0) is 22.9 Å². The summed E-state index contributed by atoms with van der Waals surface area (Å²) in [4.78, 5) is 10.4. The number of carboxylic acid groups (broad SMARTS) is 1. The first-order chi connectivity index (χ1) is 7.16. The molecule has 0 spiro atoms. The quantitative estimate of drug-likeness (QED) is 0.751. The van der Waals surface area contributed by atoms with Crippen LogP contribution < -0.4 is 5.32 Å². The van der Waals surface area contributed by atoms with Crippen LogP contribution in [0.1, 0.15) is 0 Å². The molecule has 0 saturated carbocycles. The van der Waals surface area contributed by atoms with Crippen LogP contribution in [-0.4, -0.2) is 11.2 Å². The lowest BCUT2D eigenvalue weighted by Gasteiger charge is -2.04. The molecule has 1 amide bonds. The zero-order chi connectivity index (χ0) is 10.8. The number of hydrogen-bond acceptors (Lipinski definition) is 1. The van der Waals surface area contributed by atoms with E-state index in [0.29, 0.717) is 0 Å². The van der Waals surface area contributed by atoms with Crippen LogP contribution in [0.4, 0.5) is 14.9 Å². The molecule has 4 heteroatoms. The Morgan fingerprint density at radius 2 is 1.80 bits per heavy atom. The number of benzene rings is 2. The molecule has 0 saturated heterocycles. The van der Waals surface area contributed by atoms with Gasteiger partial charge in [0.25, 0.3) is 0 Å². The number of fused-ring (bicyclic) bond motifs is 1. The van der Waals surface area contributed by atoms with E-state index >= 15 is 0 Å². The molecule has 0 aliphatic rings. The van der Waals surface area contributed by atoms with Crippen LogP contribution in [0.15, 0.2) is 36.4 Å². The lowest BCUT2D eigenvalue weighted by Crippen LogP contribution is -2.08. The van der Waals surface area contributed by atoms with Gasteiger partial charge in [0.1, 0.15) is 5.82 Å². The summed E-state index contributed by atoms with van der Waals surface area (Å²) in [5.74, 6) is -0.573. The molecule has 0 radical (unpaired) electrons. The van der Waals surface area contributed by atoms with Crippen molar-refractivity contribution in [2.75, 3.05) is 5.32 Å². The van der Waals surface area contributed by atoms with E-state index in [1.165, 1.54) is 12.1 Å². The number of anilines is 1. The molecule has 0 bridgehead atoms. The summed E-state index contributed by atoms with van der Waals surface area (Å²) < 4.78 is 13.4. The Bertz CT molecular complexity index is 525. The predicted octanol–water partition coefficient (Wildman–Crippen LogP) is 3.07. The van der Waals surface area contributed by atoms with Crippen molar-refractivity contribution in [3.63, 3.8) is 0 Å². The highest BCUT2D eigenvalue weighted by atomic mass is 19.1. The van der Waals surface area contributed by atoms with Crippen LogP contribution in [0.3, 0.4) is 0 Å². The minimum atomic E-state index is -1.27. The van der Waals surface area contributed by atoms with Gasteiger partial charge in [0, 0.05) is 0 Å². The molecule has 3 nitrogen and oxygen atoms in total. The topological polar surface area (TPSA) is 49.3 Å². The van der Waals surface area contributed by atoms with Crippen molar-refractivity contribution in [2.24, 2.45) is 0 Å². The maximum absolute atomic E-state index is 13.4. The summed E-state index contributed by atoms with van der Waals surface area (Å²) in [6, 6.07) is 9.95. The molecule has 2 aromatic carbocycles. The van der Waals surface area contributed by atoms with Gasteiger partial charge >= 0.3 is 6.09 Å². The van der Waals surface area contributed by atoms with Gasteiger partial charge in [-0.25, -0.2) is 9.18 Å². The molecule has 0 heterocycles. The molecule has 2 rings (SSSR count). The van der Waals surface area contributed by atoms with Crippen LogP contribution in [0.25, 0.3) is 10.8 Å². The van der Waals surface area contributed by atoms with Gasteiger partial charge in [-0.3, -0.25) is 5.32 Å². The summed E-state index contributed by atoms with van der Waals surface area (Å²) in [6.45, 7) is 0. The normalized spacial score (nSPS) is 10.2. The zero-order valence-corrected chi connectivity index (χ0v) is 7.70. The summed E-state index contributed by atoms with van der Waals surface area (Å²) in [6.07, 6.45) is -1.27. The summed E-state index contributed by atoms with van der Waals surface area (Å²) >= 11 is 0. The van der Waals surface area contributed by atoms with Crippen molar-refractivity contribution < 1.29 is 14.3 Å². The van der Waals surface area contributed by atoms with Crippen LogP contribution in [0.2, 0.25) is 0 Å². The van der Waals surface area contributed by atoms with Crippen molar-refractivity contribution in [2.45, 2.75) is 0 Å². The first kappa shape index (κ1) is 9.45. The second-order valence-corrected chi connectivity index (χ2v) is 3.11. The first-order valence-electron chi connectivity index (χ1n) is 4.35. The molecule has 0 fully saturated rings. The summed E-state index contributed by atoms with van der Waals surface area (Å²) in [7, 11) is 0. The van der Waals surface area contributed by atoms with Gasteiger partial charge in [-0.1, -0.05) is 24.3 Å². The molecule has 0 atom stereocenters. The highest BCUT2D eigenvalue weighted by molar-refractivity contribution is 5.90. The average Bonchev–Trinajstić information content (AvgIpc) is 2.18. The Balaban J connectivity index is 2.56. The molecule has 0 aliphatic heterocycles. The Labute approximate surface area is 85.1 Å². The Hall–Kier alpha value is -2.10. The van der Waals surface area contributed by atoms with E-state index < -0.39 is 11.9 Å². The molecular formula is C11H8FNO2. The van der Waals surface area contributed by atoms with Crippen LogP contribution in [-0.2, 0) is 0 Å². The second kappa shape index (κ2) is 3.57. The van der Waals surface area contributed by atoms with Gasteiger partial charge in [0.15, 0.2) is 0 Å². The number of amides is 1. The van der Waals surface area contributed by atoms with Gasteiger partial charge in [0.05, 0.1) is 5.69 Å². The molecule has 0 unspecified atom stereocenters. The Kier molecular flexibility index (Phi) is 2.25. The summed E-state index contributed by atoms with van der Waals surface area (Å²) in [5, 5.41) is 12.0. The van der Waals surface area contributed by atoms with E-state index in [9.17, 15) is 9.18 Å². The van der Waals surface area contributed by atoms with E-state index in [1.54, 1.807) is 18.2 Å². The SMILES string of the molecule is O=C(O)Nc1cc2ccccc2cc1F. The molecule has 76 valence electrons. The monoisotopic (exact) mass is 205 g/mol. The van der Waals surface area contributed by atoms with Gasteiger partial charge in [-0.2, -0.15) is 0 Å². The third-order valence-electron chi connectivity index (χ3n) is 2.08. The van der Waals surface area contributed by atoms with E-state index in [0.717, 1.165) is 10.8 Å². The summed E-state index contributed by atoms with van der Waals surface area (Å²) in [5.41, 5.74) is -0.0267.